The third-order valence-electron chi connectivity index (χ3n) is 8.82. The Labute approximate surface area is 320 Å². The van der Waals surface area contributed by atoms with E-state index in [1.165, 1.54) is 26.2 Å². The minimum atomic E-state index is -1.17. The van der Waals surface area contributed by atoms with Gasteiger partial charge in [-0.25, -0.2) is 4.79 Å². The number of nitrogens with two attached hydrogens (primary N) is 2. The van der Waals surface area contributed by atoms with Gasteiger partial charge in [-0.2, -0.15) is 0 Å². The van der Waals surface area contributed by atoms with E-state index in [4.69, 9.17) is 25.7 Å². The Bertz CT molecular complexity index is 2160. The molecule has 0 aliphatic heterocycles. The fourth-order valence-electron chi connectivity index (χ4n) is 6.52. The molecule has 0 fully saturated rings. The number of nitrogens with zero attached hydrogens (tertiary/aromatic N) is 1. The zero-order valence-electron chi connectivity index (χ0n) is 31.6. The van der Waals surface area contributed by atoms with Gasteiger partial charge in [-0.15, -0.1) is 6.58 Å². The second-order valence-electron chi connectivity index (χ2n) is 12.6. The Morgan fingerprint density at radius 2 is 1.40 bits per heavy atom. The smallest absolute Gasteiger partial charge is 0.354 e. The Balaban J connectivity index is 1.85. The van der Waals surface area contributed by atoms with Crippen molar-refractivity contribution in [3.05, 3.63) is 109 Å². The van der Waals surface area contributed by atoms with Crippen molar-refractivity contribution in [3.63, 3.8) is 0 Å². The lowest BCUT2D eigenvalue weighted by Crippen LogP contribution is -2.54. The molecule has 0 saturated carbocycles. The van der Waals surface area contributed by atoms with Gasteiger partial charge in [0.2, 0.25) is 17.7 Å². The number of allylic oxidation sites excluding steroid dienone is 3. The highest BCUT2D eigenvalue weighted by atomic mass is 16.5. The molecule has 2 atom stereocenters. The Kier molecular flexibility index (Phi) is 14.5. The third kappa shape index (κ3) is 10.1. The van der Waals surface area contributed by atoms with E-state index in [0.717, 1.165) is 38.2 Å². The number of aliphatic imine (C=N–C) groups is 1. The SMILES string of the molecule is C=C/C=C(/NC(=O)[C@@H](CCCN=C(N)N)NC(=O)C(Cc1cc2ccccc2c(-c2c(OC)c(CC=C)cc3ccccc23)c1OC)NC(C)=O)C(=O)OC. The van der Waals surface area contributed by atoms with Crippen molar-refractivity contribution in [3.8, 4) is 22.6 Å². The molecule has 1 unspecified atom stereocenters. The largest absolute Gasteiger partial charge is 0.496 e. The number of hydrogen-bond acceptors (Lipinski definition) is 8. The molecule has 0 radical (unpaired) electrons. The number of hydrogen-bond donors (Lipinski definition) is 5. The van der Waals surface area contributed by atoms with Crippen LogP contribution in [0.3, 0.4) is 0 Å². The zero-order valence-corrected chi connectivity index (χ0v) is 31.6. The van der Waals surface area contributed by atoms with Crippen molar-refractivity contribution < 1.29 is 33.4 Å². The minimum absolute atomic E-state index is 0.0227. The van der Waals surface area contributed by atoms with Gasteiger partial charge < -0.3 is 41.6 Å². The first kappa shape index (κ1) is 41.1. The monoisotopic (exact) mass is 748 g/mol. The van der Waals surface area contributed by atoms with Crippen LogP contribution >= 0.6 is 0 Å². The van der Waals surface area contributed by atoms with Crippen LogP contribution in [0, 0.1) is 0 Å². The van der Waals surface area contributed by atoms with Crippen molar-refractivity contribution in [2.24, 2.45) is 16.5 Å². The number of ether oxygens (including phenoxy) is 3. The molecule has 0 aliphatic rings. The first-order valence-corrected chi connectivity index (χ1v) is 17.6. The van der Waals surface area contributed by atoms with E-state index in [-0.39, 0.29) is 31.0 Å². The van der Waals surface area contributed by atoms with Gasteiger partial charge in [0.25, 0.3) is 0 Å². The van der Waals surface area contributed by atoms with Gasteiger partial charge in [0.05, 0.1) is 21.3 Å². The molecular weight excluding hydrogens is 700 g/mol. The third-order valence-corrected chi connectivity index (χ3v) is 8.82. The highest BCUT2D eigenvalue weighted by Crippen LogP contribution is 2.48. The Morgan fingerprint density at radius 1 is 0.818 bits per heavy atom. The number of nitrogens with one attached hydrogen (secondary N) is 3. The van der Waals surface area contributed by atoms with Crippen LogP contribution in [0.2, 0.25) is 0 Å². The highest BCUT2D eigenvalue weighted by molar-refractivity contribution is 6.11. The molecule has 288 valence electrons. The maximum Gasteiger partial charge on any atom is 0.354 e. The predicted octanol–water partition coefficient (Wildman–Crippen LogP) is 4.35. The average Bonchev–Trinajstić information content (AvgIpc) is 3.16. The topological polar surface area (TPSA) is 196 Å². The maximum absolute atomic E-state index is 14.2. The van der Waals surface area contributed by atoms with Crippen LogP contribution in [0.25, 0.3) is 32.7 Å². The van der Waals surface area contributed by atoms with E-state index >= 15 is 0 Å². The summed E-state index contributed by atoms with van der Waals surface area (Å²) in [6.07, 6.45) is 5.31. The van der Waals surface area contributed by atoms with Crippen LogP contribution in [0.15, 0.2) is 103 Å². The summed E-state index contributed by atoms with van der Waals surface area (Å²) in [5.74, 6) is -1.64. The van der Waals surface area contributed by atoms with E-state index in [2.05, 4.69) is 40.2 Å². The summed E-state index contributed by atoms with van der Waals surface area (Å²) in [6, 6.07) is 17.5. The fraction of sp³-hybridized carbons (Fsp3) is 0.262. The van der Waals surface area contributed by atoms with Crippen LogP contribution in [0.4, 0.5) is 0 Å². The van der Waals surface area contributed by atoms with Crippen LogP contribution in [0.5, 0.6) is 11.5 Å². The highest BCUT2D eigenvalue weighted by Gasteiger charge is 2.30. The molecule has 4 aromatic rings. The normalized spacial score (nSPS) is 12.2. The van der Waals surface area contributed by atoms with E-state index in [1.54, 1.807) is 14.2 Å². The van der Waals surface area contributed by atoms with Crippen molar-refractivity contribution in [1.29, 1.82) is 0 Å². The number of amides is 3. The van der Waals surface area contributed by atoms with Crippen LogP contribution < -0.4 is 36.9 Å². The van der Waals surface area contributed by atoms with Gasteiger partial charge in [0, 0.05) is 31.0 Å². The van der Waals surface area contributed by atoms with E-state index in [0.29, 0.717) is 29.9 Å². The van der Waals surface area contributed by atoms with E-state index < -0.39 is 35.8 Å². The molecule has 4 aromatic carbocycles. The molecule has 13 nitrogen and oxygen atoms in total. The zero-order chi connectivity index (χ0) is 40.1. The Hall–Kier alpha value is -6.63. The second-order valence-corrected chi connectivity index (χ2v) is 12.6. The number of methoxy groups -OCH3 is 3. The molecule has 4 rings (SSSR count). The summed E-state index contributed by atoms with van der Waals surface area (Å²) >= 11 is 0. The van der Waals surface area contributed by atoms with Crippen molar-refractivity contribution in [2.75, 3.05) is 27.9 Å². The van der Waals surface area contributed by atoms with Gasteiger partial charge in [-0.05, 0) is 70.1 Å². The molecule has 0 bridgehead atoms. The summed E-state index contributed by atoms with van der Waals surface area (Å²) in [5, 5.41) is 11.7. The molecule has 7 N–H and O–H groups in total. The fourth-order valence-corrected chi connectivity index (χ4v) is 6.52. The van der Waals surface area contributed by atoms with E-state index in [1.807, 2.05) is 60.7 Å². The number of fused-ring (bicyclic) bond motifs is 2. The number of carbonyl (C=O) groups is 4. The minimum Gasteiger partial charge on any atom is -0.496 e. The summed E-state index contributed by atoms with van der Waals surface area (Å²) in [5.41, 5.74) is 13.9. The summed E-state index contributed by atoms with van der Waals surface area (Å²) in [7, 11) is 4.35. The van der Waals surface area contributed by atoms with Gasteiger partial charge in [0.15, 0.2) is 5.96 Å². The molecule has 0 aromatic heterocycles. The van der Waals surface area contributed by atoms with E-state index in [9.17, 15) is 19.2 Å². The second kappa shape index (κ2) is 19.4. The lowest BCUT2D eigenvalue weighted by molar-refractivity contribution is -0.138. The number of rotatable bonds is 18. The van der Waals surface area contributed by atoms with Gasteiger partial charge >= 0.3 is 5.97 Å². The van der Waals surface area contributed by atoms with Gasteiger partial charge in [0.1, 0.15) is 29.3 Å². The van der Waals surface area contributed by atoms with Crippen molar-refractivity contribution in [1.82, 2.24) is 16.0 Å². The Morgan fingerprint density at radius 3 is 1.93 bits per heavy atom. The predicted molar refractivity (Wildman–Crippen MR) is 215 cm³/mol. The standard InChI is InChI=1S/C42H48N6O7/c1-7-14-28-22-26-16-9-11-18-30(26)35(37(28)53-4)36-31-19-12-10-17-27(31)23-29(38(36)54-5)24-34(46-25(3)49)40(51)47-32(20-13-21-45-42(43)44)39(50)48-33(15-8-2)41(52)55-6/h7-12,15-19,22-23,32,34H,1-2,13-14,20-21,24H2,3-6H3,(H,46,49)(H,47,51)(H,48,50)(H4,43,44,45)/b33-15+/t32-,34?/m1/s1. The van der Waals surface area contributed by atoms with Gasteiger partial charge in [-0.3, -0.25) is 19.4 Å². The summed E-state index contributed by atoms with van der Waals surface area (Å²) in [4.78, 5) is 56.7. The maximum atomic E-state index is 14.2. The van der Waals surface area contributed by atoms with Crippen LogP contribution in [0.1, 0.15) is 30.9 Å². The quantitative estimate of drug-likeness (QED) is 0.0187. The first-order valence-electron chi connectivity index (χ1n) is 17.6. The molecule has 13 heteroatoms. The van der Waals surface area contributed by atoms with Gasteiger partial charge in [-0.1, -0.05) is 67.3 Å². The van der Waals surface area contributed by atoms with Crippen LogP contribution in [-0.4, -0.2) is 69.6 Å². The number of carbonyl (C=O) groups excluding carboxylic acids is 4. The summed E-state index contributed by atoms with van der Waals surface area (Å²) < 4.78 is 17.1. The average molecular weight is 749 g/mol. The number of esters is 1. The number of benzene rings is 4. The molecule has 3 amide bonds. The van der Waals surface area contributed by atoms with Crippen LogP contribution in [-0.2, 0) is 36.8 Å². The van der Waals surface area contributed by atoms with Crippen molar-refractivity contribution in [2.45, 2.75) is 44.7 Å². The summed E-state index contributed by atoms with van der Waals surface area (Å²) in [6.45, 7) is 9.00. The molecule has 55 heavy (non-hydrogen) atoms. The molecule has 0 spiro atoms. The molecule has 0 heterocycles. The molecular formula is C42H48N6O7. The molecule has 0 saturated heterocycles. The number of guanidine groups is 1. The lowest BCUT2D eigenvalue weighted by atomic mass is 9.87. The lowest BCUT2D eigenvalue weighted by Gasteiger charge is -2.25. The van der Waals surface area contributed by atoms with Crippen molar-refractivity contribution >= 4 is 51.2 Å². The molecule has 0 aliphatic carbocycles. The first-order chi connectivity index (χ1) is 26.5.